The molecule has 0 saturated heterocycles. The second kappa shape index (κ2) is 11.9. The Bertz CT molecular complexity index is 459. The SMILES string of the molecule is CCCCCC(C)NC(=NC)NCCCNC(=O)c1cccs1. The standard InChI is InChI=1S/C17H30N4OS/c1-4-5-6-9-14(2)21-17(18-3)20-12-8-11-19-16(22)15-10-7-13-23-15/h7,10,13-14H,4-6,8-9,11-12H2,1-3H3,(H,19,22)(H2,18,20,21). The second-order valence-electron chi connectivity index (χ2n) is 5.63. The molecule has 130 valence electrons. The Morgan fingerprint density at radius 2 is 2.04 bits per heavy atom. The van der Waals surface area contributed by atoms with Gasteiger partial charge in [-0.25, -0.2) is 0 Å². The van der Waals surface area contributed by atoms with Gasteiger partial charge >= 0.3 is 0 Å². The number of rotatable bonds is 10. The van der Waals surface area contributed by atoms with Crippen molar-refractivity contribution in [3.05, 3.63) is 22.4 Å². The van der Waals surface area contributed by atoms with Crippen LogP contribution in [0.1, 0.15) is 55.6 Å². The number of nitrogens with one attached hydrogen (secondary N) is 3. The monoisotopic (exact) mass is 338 g/mol. The Balaban J connectivity index is 2.11. The van der Waals surface area contributed by atoms with Gasteiger partial charge in [0.2, 0.25) is 0 Å². The molecule has 5 nitrogen and oxygen atoms in total. The molecule has 0 aliphatic heterocycles. The van der Waals surface area contributed by atoms with Gasteiger partial charge in [-0.2, -0.15) is 0 Å². The summed E-state index contributed by atoms with van der Waals surface area (Å²) in [7, 11) is 1.78. The molecule has 1 unspecified atom stereocenters. The van der Waals surface area contributed by atoms with E-state index < -0.39 is 0 Å². The molecule has 0 spiro atoms. The summed E-state index contributed by atoms with van der Waals surface area (Å²) < 4.78 is 0. The van der Waals surface area contributed by atoms with Crippen LogP contribution in [0.2, 0.25) is 0 Å². The van der Waals surface area contributed by atoms with Gasteiger partial charge in [0.05, 0.1) is 4.88 Å². The predicted molar refractivity (Wildman–Crippen MR) is 99.4 cm³/mol. The average molecular weight is 339 g/mol. The van der Waals surface area contributed by atoms with E-state index in [0.717, 1.165) is 30.2 Å². The van der Waals surface area contributed by atoms with Crippen molar-refractivity contribution in [1.29, 1.82) is 0 Å². The van der Waals surface area contributed by atoms with Gasteiger partial charge in [0, 0.05) is 26.2 Å². The number of amides is 1. The van der Waals surface area contributed by atoms with Crippen molar-refractivity contribution in [2.75, 3.05) is 20.1 Å². The van der Waals surface area contributed by atoms with Crippen LogP contribution in [0.5, 0.6) is 0 Å². The molecule has 1 heterocycles. The number of unbranched alkanes of at least 4 members (excludes halogenated alkanes) is 2. The minimum atomic E-state index is 0.00653. The molecule has 23 heavy (non-hydrogen) atoms. The maximum atomic E-state index is 11.8. The molecular formula is C17H30N4OS. The zero-order chi connectivity index (χ0) is 16.9. The summed E-state index contributed by atoms with van der Waals surface area (Å²) in [6.45, 7) is 5.85. The van der Waals surface area contributed by atoms with Gasteiger partial charge in [-0.1, -0.05) is 32.3 Å². The van der Waals surface area contributed by atoms with E-state index in [-0.39, 0.29) is 5.91 Å². The van der Waals surface area contributed by atoms with Crippen molar-refractivity contribution in [2.45, 2.75) is 52.0 Å². The van der Waals surface area contributed by atoms with E-state index in [1.54, 1.807) is 7.05 Å². The van der Waals surface area contributed by atoms with E-state index in [2.05, 4.69) is 34.8 Å². The summed E-state index contributed by atoms with van der Waals surface area (Å²) in [5, 5.41) is 11.5. The number of nitrogens with zero attached hydrogens (tertiary/aromatic N) is 1. The van der Waals surface area contributed by atoms with Crippen LogP contribution in [0.3, 0.4) is 0 Å². The Morgan fingerprint density at radius 3 is 2.70 bits per heavy atom. The Morgan fingerprint density at radius 1 is 1.26 bits per heavy atom. The van der Waals surface area contributed by atoms with Gasteiger partial charge in [-0.05, 0) is 31.2 Å². The number of guanidine groups is 1. The van der Waals surface area contributed by atoms with E-state index in [0.29, 0.717) is 12.6 Å². The topological polar surface area (TPSA) is 65.5 Å². The highest BCUT2D eigenvalue weighted by atomic mass is 32.1. The summed E-state index contributed by atoms with van der Waals surface area (Å²) in [5.74, 6) is 0.839. The van der Waals surface area contributed by atoms with Crippen molar-refractivity contribution >= 4 is 23.2 Å². The molecule has 1 rings (SSSR count). The fourth-order valence-corrected chi connectivity index (χ4v) is 2.83. The van der Waals surface area contributed by atoms with Gasteiger partial charge in [-0.3, -0.25) is 9.79 Å². The van der Waals surface area contributed by atoms with Crippen molar-refractivity contribution in [3.8, 4) is 0 Å². The highest BCUT2D eigenvalue weighted by Gasteiger charge is 2.06. The maximum Gasteiger partial charge on any atom is 0.261 e. The van der Waals surface area contributed by atoms with E-state index >= 15 is 0 Å². The molecule has 0 saturated carbocycles. The molecule has 1 atom stereocenters. The second-order valence-corrected chi connectivity index (χ2v) is 6.57. The summed E-state index contributed by atoms with van der Waals surface area (Å²) in [6.07, 6.45) is 5.79. The van der Waals surface area contributed by atoms with Crippen LogP contribution < -0.4 is 16.0 Å². The van der Waals surface area contributed by atoms with Crippen LogP contribution in [-0.2, 0) is 0 Å². The summed E-state index contributed by atoms with van der Waals surface area (Å²) in [5.41, 5.74) is 0. The van der Waals surface area contributed by atoms with Crippen LogP contribution in [-0.4, -0.2) is 38.0 Å². The number of aliphatic imine (C=N–C) groups is 1. The maximum absolute atomic E-state index is 11.8. The first-order valence-corrected chi connectivity index (χ1v) is 9.34. The average Bonchev–Trinajstić information content (AvgIpc) is 3.08. The summed E-state index contributed by atoms with van der Waals surface area (Å²) in [4.78, 5) is 16.8. The molecular weight excluding hydrogens is 308 g/mol. The predicted octanol–water partition coefficient (Wildman–Crippen LogP) is 3.00. The zero-order valence-corrected chi connectivity index (χ0v) is 15.3. The largest absolute Gasteiger partial charge is 0.356 e. The van der Waals surface area contributed by atoms with E-state index in [4.69, 9.17) is 0 Å². The normalized spacial score (nSPS) is 12.7. The third-order valence-electron chi connectivity index (χ3n) is 3.52. The van der Waals surface area contributed by atoms with Crippen molar-refractivity contribution in [1.82, 2.24) is 16.0 Å². The van der Waals surface area contributed by atoms with Gasteiger partial charge in [0.15, 0.2) is 5.96 Å². The third-order valence-corrected chi connectivity index (χ3v) is 4.39. The lowest BCUT2D eigenvalue weighted by Crippen LogP contribution is -2.43. The first kappa shape index (κ1) is 19.5. The minimum absolute atomic E-state index is 0.00653. The molecule has 0 aliphatic rings. The summed E-state index contributed by atoms with van der Waals surface area (Å²) >= 11 is 1.46. The zero-order valence-electron chi connectivity index (χ0n) is 14.5. The van der Waals surface area contributed by atoms with Crippen LogP contribution in [0, 0.1) is 0 Å². The van der Waals surface area contributed by atoms with Crippen LogP contribution in [0.4, 0.5) is 0 Å². The van der Waals surface area contributed by atoms with E-state index in [1.165, 1.54) is 30.6 Å². The quantitative estimate of drug-likeness (QED) is 0.349. The van der Waals surface area contributed by atoms with E-state index in [9.17, 15) is 4.79 Å². The van der Waals surface area contributed by atoms with Gasteiger partial charge in [0.1, 0.15) is 0 Å². The Kier molecular flexibility index (Phi) is 10.1. The first-order chi connectivity index (χ1) is 11.2. The van der Waals surface area contributed by atoms with Gasteiger partial charge in [0.25, 0.3) is 5.91 Å². The lowest BCUT2D eigenvalue weighted by Gasteiger charge is -2.17. The third kappa shape index (κ3) is 8.59. The van der Waals surface area contributed by atoms with Crippen LogP contribution in [0.15, 0.2) is 22.5 Å². The number of hydrogen-bond acceptors (Lipinski definition) is 3. The van der Waals surface area contributed by atoms with Gasteiger partial charge < -0.3 is 16.0 Å². The number of thiophene rings is 1. The van der Waals surface area contributed by atoms with E-state index in [1.807, 2.05) is 17.5 Å². The smallest absolute Gasteiger partial charge is 0.261 e. The lowest BCUT2D eigenvalue weighted by atomic mass is 10.1. The van der Waals surface area contributed by atoms with Crippen LogP contribution >= 0.6 is 11.3 Å². The fraction of sp³-hybridized carbons (Fsp3) is 0.647. The number of carbonyl (C=O) groups excluding carboxylic acids is 1. The highest BCUT2D eigenvalue weighted by molar-refractivity contribution is 7.12. The Labute approximate surface area is 144 Å². The van der Waals surface area contributed by atoms with Gasteiger partial charge in [-0.15, -0.1) is 11.3 Å². The molecule has 1 amide bonds. The highest BCUT2D eigenvalue weighted by Crippen LogP contribution is 2.07. The lowest BCUT2D eigenvalue weighted by molar-refractivity contribution is 0.0957. The molecule has 3 N–H and O–H groups in total. The molecule has 1 aromatic rings. The summed E-state index contributed by atoms with van der Waals surface area (Å²) in [6, 6.07) is 4.15. The molecule has 0 aliphatic carbocycles. The first-order valence-electron chi connectivity index (χ1n) is 8.46. The van der Waals surface area contributed by atoms with Crippen molar-refractivity contribution in [2.24, 2.45) is 4.99 Å². The molecule has 0 aromatic carbocycles. The minimum Gasteiger partial charge on any atom is -0.356 e. The molecule has 6 heteroatoms. The van der Waals surface area contributed by atoms with Crippen LogP contribution in [0.25, 0.3) is 0 Å². The Hall–Kier alpha value is -1.56. The fourth-order valence-electron chi connectivity index (χ4n) is 2.19. The molecule has 0 fully saturated rings. The molecule has 0 bridgehead atoms. The molecule has 0 radical (unpaired) electrons. The molecule has 1 aromatic heterocycles. The number of hydrogen-bond donors (Lipinski definition) is 3. The van der Waals surface area contributed by atoms with Crippen molar-refractivity contribution < 1.29 is 4.79 Å². The number of carbonyl (C=O) groups is 1. The van der Waals surface area contributed by atoms with Crippen molar-refractivity contribution in [3.63, 3.8) is 0 Å².